The summed E-state index contributed by atoms with van der Waals surface area (Å²) in [5.74, 6) is 0.248. The van der Waals surface area contributed by atoms with E-state index in [4.69, 9.17) is 0 Å². The van der Waals surface area contributed by atoms with E-state index in [0.29, 0.717) is 49.6 Å². The van der Waals surface area contributed by atoms with Crippen LogP contribution in [-0.4, -0.2) is 53.4 Å². The summed E-state index contributed by atoms with van der Waals surface area (Å²) in [4.78, 5) is 43.0. The van der Waals surface area contributed by atoms with E-state index < -0.39 is 0 Å². The van der Waals surface area contributed by atoms with Gasteiger partial charge in [0.05, 0.1) is 11.3 Å². The van der Waals surface area contributed by atoms with E-state index in [0.717, 1.165) is 17.7 Å². The van der Waals surface area contributed by atoms with Crippen LogP contribution in [0.3, 0.4) is 0 Å². The average Bonchev–Trinajstić information content (AvgIpc) is 3.20. The van der Waals surface area contributed by atoms with Crippen LogP contribution in [0.4, 0.5) is 10.6 Å². The second kappa shape index (κ2) is 11.8. The van der Waals surface area contributed by atoms with Crippen LogP contribution in [0.25, 0.3) is 5.65 Å². The first-order valence-electron chi connectivity index (χ1n) is 11.6. The number of rotatable bonds is 10. The fourth-order valence-corrected chi connectivity index (χ4v) is 3.70. The van der Waals surface area contributed by atoms with Gasteiger partial charge in [-0.2, -0.15) is 0 Å². The number of aryl methyl sites for hydroxylation is 1. The fourth-order valence-electron chi connectivity index (χ4n) is 3.70. The van der Waals surface area contributed by atoms with Gasteiger partial charge in [0, 0.05) is 39.3 Å². The van der Waals surface area contributed by atoms with Crippen molar-refractivity contribution in [3.05, 3.63) is 65.5 Å². The van der Waals surface area contributed by atoms with Crippen LogP contribution >= 0.6 is 0 Å². The van der Waals surface area contributed by atoms with E-state index in [9.17, 15) is 14.4 Å². The van der Waals surface area contributed by atoms with Crippen LogP contribution in [0.1, 0.15) is 42.4 Å². The highest BCUT2D eigenvalue weighted by molar-refractivity contribution is 5.95. The quantitative estimate of drug-likeness (QED) is 0.401. The second-order valence-corrected chi connectivity index (χ2v) is 7.83. The molecular formula is C25H32N6O3. The summed E-state index contributed by atoms with van der Waals surface area (Å²) in [7, 11) is 0. The molecule has 0 aliphatic carbocycles. The molecule has 0 unspecified atom stereocenters. The molecule has 0 atom stereocenters. The Balaban J connectivity index is 1.78. The minimum atomic E-state index is -0.264. The van der Waals surface area contributed by atoms with E-state index in [1.165, 1.54) is 6.92 Å². The molecule has 180 valence electrons. The van der Waals surface area contributed by atoms with Crippen LogP contribution < -0.4 is 20.9 Å². The Bertz CT molecular complexity index is 1140. The molecule has 0 aliphatic rings. The van der Waals surface area contributed by atoms with Gasteiger partial charge < -0.3 is 16.0 Å². The summed E-state index contributed by atoms with van der Waals surface area (Å²) in [6, 6.07) is 13.3. The molecule has 0 spiro atoms. The van der Waals surface area contributed by atoms with Crippen molar-refractivity contribution < 1.29 is 14.4 Å². The number of aromatic nitrogens is 2. The molecule has 4 amide bonds. The number of hydrogen-bond donors (Lipinski definition) is 3. The van der Waals surface area contributed by atoms with E-state index in [-0.39, 0.29) is 17.8 Å². The summed E-state index contributed by atoms with van der Waals surface area (Å²) < 4.78 is 1.79. The highest BCUT2D eigenvalue weighted by Gasteiger charge is 2.22. The van der Waals surface area contributed by atoms with Crippen LogP contribution in [0.15, 0.2) is 48.7 Å². The number of benzene rings is 1. The van der Waals surface area contributed by atoms with Gasteiger partial charge in [-0.15, -0.1) is 0 Å². The number of anilines is 1. The Hall–Kier alpha value is -3.88. The first-order chi connectivity index (χ1) is 16.4. The average molecular weight is 465 g/mol. The van der Waals surface area contributed by atoms with Gasteiger partial charge in [-0.05, 0) is 37.5 Å². The van der Waals surface area contributed by atoms with Crippen LogP contribution in [-0.2, 0) is 17.6 Å². The SMILES string of the molecule is CCc1nc2ccc(C(=O)NCCNC(C)=O)cn2c1N(CC)C(=O)NCCc1ccccc1. The van der Waals surface area contributed by atoms with Gasteiger partial charge in [-0.3, -0.25) is 18.9 Å². The zero-order valence-electron chi connectivity index (χ0n) is 19.9. The van der Waals surface area contributed by atoms with Crippen LogP contribution in [0.2, 0.25) is 0 Å². The Kier molecular flexibility index (Phi) is 8.61. The minimum Gasteiger partial charge on any atom is -0.355 e. The number of fused-ring (bicyclic) bond motifs is 1. The first kappa shape index (κ1) is 24.8. The van der Waals surface area contributed by atoms with Crippen molar-refractivity contribution >= 4 is 29.3 Å². The van der Waals surface area contributed by atoms with Crippen molar-refractivity contribution in [1.29, 1.82) is 0 Å². The van der Waals surface area contributed by atoms with E-state index >= 15 is 0 Å². The molecule has 0 bridgehead atoms. The van der Waals surface area contributed by atoms with Crippen LogP contribution in [0, 0.1) is 0 Å². The smallest absolute Gasteiger partial charge is 0.323 e. The Labute approximate surface area is 199 Å². The van der Waals surface area contributed by atoms with Crippen molar-refractivity contribution in [3.63, 3.8) is 0 Å². The summed E-state index contributed by atoms with van der Waals surface area (Å²) in [6.07, 6.45) is 3.08. The monoisotopic (exact) mass is 464 g/mol. The zero-order valence-corrected chi connectivity index (χ0v) is 19.9. The standard InChI is InChI=1S/C25H32N6O3/c1-4-21-24(30(5-2)25(34)28-14-13-19-9-7-6-8-10-19)31-17-20(11-12-22(31)29-21)23(33)27-16-15-26-18(3)32/h6-12,17H,4-5,13-16H2,1-3H3,(H,26,32)(H,27,33)(H,28,34). The third-order valence-electron chi connectivity index (χ3n) is 5.39. The number of urea groups is 1. The van der Waals surface area contributed by atoms with Crippen LogP contribution in [0.5, 0.6) is 0 Å². The van der Waals surface area contributed by atoms with Crippen molar-refractivity contribution in [3.8, 4) is 0 Å². The summed E-state index contributed by atoms with van der Waals surface area (Å²) >= 11 is 0. The lowest BCUT2D eigenvalue weighted by atomic mass is 10.1. The maximum absolute atomic E-state index is 13.1. The Morgan fingerprint density at radius 1 is 0.941 bits per heavy atom. The van der Waals surface area contributed by atoms with E-state index in [1.54, 1.807) is 27.6 Å². The molecule has 0 radical (unpaired) electrons. The maximum atomic E-state index is 13.1. The molecular weight excluding hydrogens is 432 g/mol. The lowest BCUT2D eigenvalue weighted by Gasteiger charge is -2.22. The third kappa shape index (κ3) is 6.12. The van der Waals surface area contributed by atoms with Gasteiger partial charge >= 0.3 is 6.03 Å². The summed E-state index contributed by atoms with van der Waals surface area (Å²) in [5, 5.41) is 8.43. The maximum Gasteiger partial charge on any atom is 0.323 e. The predicted molar refractivity (Wildman–Crippen MR) is 132 cm³/mol. The van der Waals surface area contributed by atoms with Crippen molar-refractivity contribution in [1.82, 2.24) is 25.3 Å². The summed E-state index contributed by atoms with van der Waals surface area (Å²) in [6.45, 7) is 6.96. The number of carbonyl (C=O) groups excluding carboxylic acids is 3. The first-order valence-corrected chi connectivity index (χ1v) is 11.6. The molecule has 2 aromatic heterocycles. The number of hydrogen-bond acceptors (Lipinski definition) is 4. The molecule has 0 aliphatic heterocycles. The molecule has 34 heavy (non-hydrogen) atoms. The molecule has 0 fully saturated rings. The molecule has 9 heteroatoms. The molecule has 3 N–H and O–H groups in total. The molecule has 2 heterocycles. The third-order valence-corrected chi connectivity index (χ3v) is 5.39. The molecule has 9 nitrogen and oxygen atoms in total. The number of amides is 4. The van der Waals surface area contributed by atoms with Gasteiger partial charge in [-0.25, -0.2) is 9.78 Å². The Morgan fingerprint density at radius 2 is 1.68 bits per heavy atom. The number of imidazole rings is 1. The van der Waals surface area contributed by atoms with Crippen molar-refractivity contribution in [2.45, 2.75) is 33.6 Å². The predicted octanol–water partition coefficient (Wildman–Crippen LogP) is 2.54. The van der Waals surface area contributed by atoms with Crippen molar-refractivity contribution in [2.24, 2.45) is 0 Å². The molecule has 0 saturated carbocycles. The van der Waals surface area contributed by atoms with Gasteiger partial charge in [0.15, 0.2) is 0 Å². The lowest BCUT2D eigenvalue weighted by molar-refractivity contribution is -0.118. The molecule has 3 aromatic rings. The fraction of sp³-hybridized carbons (Fsp3) is 0.360. The van der Waals surface area contributed by atoms with Gasteiger partial charge in [0.1, 0.15) is 11.5 Å². The Morgan fingerprint density at radius 3 is 2.35 bits per heavy atom. The molecule has 0 saturated heterocycles. The minimum absolute atomic E-state index is 0.146. The topological polar surface area (TPSA) is 108 Å². The number of pyridine rings is 1. The second-order valence-electron chi connectivity index (χ2n) is 7.83. The lowest BCUT2D eigenvalue weighted by Crippen LogP contribution is -2.41. The number of carbonyl (C=O) groups is 3. The molecule has 3 rings (SSSR count). The highest BCUT2D eigenvalue weighted by atomic mass is 16.2. The molecule has 1 aromatic carbocycles. The van der Waals surface area contributed by atoms with Crippen molar-refractivity contribution in [2.75, 3.05) is 31.1 Å². The van der Waals surface area contributed by atoms with E-state index in [1.807, 2.05) is 44.2 Å². The van der Waals surface area contributed by atoms with Gasteiger partial charge in [0.25, 0.3) is 5.91 Å². The van der Waals surface area contributed by atoms with E-state index in [2.05, 4.69) is 20.9 Å². The van der Waals surface area contributed by atoms with Gasteiger partial charge in [-0.1, -0.05) is 37.3 Å². The normalized spacial score (nSPS) is 10.7. The largest absolute Gasteiger partial charge is 0.355 e. The highest BCUT2D eigenvalue weighted by Crippen LogP contribution is 2.24. The number of nitrogens with one attached hydrogen (secondary N) is 3. The zero-order chi connectivity index (χ0) is 24.5. The van der Waals surface area contributed by atoms with Gasteiger partial charge in [0.2, 0.25) is 5.91 Å². The summed E-state index contributed by atoms with van der Waals surface area (Å²) in [5.41, 5.74) is 3.04. The number of nitrogens with zero attached hydrogens (tertiary/aromatic N) is 3.